The molecule has 2 aromatic rings. The standard InChI is InChI=1S/C14H14ClN3O2/c15-13-12(17-6-8-20-9-7-17)10-16-18(14(13)19)11-4-2-1-3-5-11/h1-5,10H,6-9H2. The lowest BCUT2D eigenvalue weighted by molar-refractivity contribution is 0.122. The van der Waals surface area contributed by atoms with Crippen LogP contribution < -0.4 is 10.5 Å². The van der Waals surface area contributed by atoms with Gasteiger partial charge in [-0.2, -0.15) is 9.78 Å². The molecule has 0 radical (unpaired) electrons. The lowest BCUT2D eigenvalue weighted by atomic mass is 10.3. The first-order valence-electron chi connectivity index (χ1n) is 6.43. The largest absolute Gasteiger partial charge is 0.378 e. The molecule has 0 unspecified atom stereocenters. The minimum Gasteiger partial charge on any atom is -0.378 e. The number of para-hydroxylation sites is 1. The van der Waals surface area contributed by atoms with Gasteiger partial charge in [0.15, 0.2) is 0 Å². The Morgan fingerprint density at radius 2 is 1.85 bits per heavy atom. The van der Waals surface area contributed by atoms with Crippen molar-refractivity contribution in [3.05, 3.63) is 51.9 Å². The van der Waals surface area contributed by atoms with Crippen molar-refractivity contribution in [1.82, 2.24) is 9.78 Å². The Bertz CT molecular complexity index is 651. The number of hydrogen-bond acceptors (Lipinski definition) is 4. The Morgan fingerprint density at radius 3 is 2.55 bits per heavy atom. The van der Waals surface area contributed by atoms with E-state index < -0.39 is 0 Å². The number of rotatable bonds is 2. The summed E-state index contributed by atoms with van der Waals surface area (Å²) in [4.78, 5) is 14.4. The molecule has 0 saturated carbocycles. The summed E-state index contributed by atoms with van der Waals surface area (Å²) in [5.74, 6) is 0. The van der Waals surface area contributed by atoms with Crippen molar-refractivity contribution in [2.75, 3.05) is 31.2 Å². The molecule has 0 amide bonds. The van der Waals surface area contributed by atoms with Crippen LogP contribution in [0.15, 0.2) is 41.3 Å². The summed E-state index contributed by atoms with van der Waals surface area (Å²) in [7, 11) is 0. The molecule has 0 bridgehead atoms. The van der Waals surface area contributed by atoms with Gasteiger partial charge in [0.25, 0.3) is 5.56 Å². The van der Waals surface area contributed by atoms with Crippen molar-refractivity contribution >= 4 is 17.3 Å². The van der Waals surface area contributed by atoms with E-state index in [1.54, 1.807) is 6.20 Å². The molecule has 1 aliphatic rings. The molecule has 1 aromatic heterocycles. The van der Waals surface area contributed by atoms with Gasteiger partial charge in [-0.1, -0.05) is 29.8 Å². The zero-order valence-electron chi connectivity index (χ0n) is 10.8. The molecule has 1 saturated heterocycles. The van der Waals surface area contributed by atoms with Crippen LogP contribution in [0.2, 0.25) is 5.02 Å². The van der Waals surface area contributed by atoms with E-state index in [2.05, 4.69) is 5.10 Å². The quantitative estimate of drug-likeness (QED) is 0.845. The number of benzene rings is 1. The molecular weight excluding hydrogens is 278 g/mol. The van der Waals surface area contributed by atoms with Crippen LogP contribution in [0.5, 0.6) is 0 Å². The molecule has 0 aliphatic carbocycles. The number of ether oxygens (including phenoxy) is 1. The molecular formula is C14H14ClN3O2. The van der Waals surface area contributed by atoms with Gasteiger partial charge in [0.1, 0.15) is 5.02 Å². The van der Waals surface area contributed by atoms with E-state index >= 15 is 0 Å². The normalized spacial score (nSPS) is 15.3. The molecule has 6 heteroatoms. The van der Waals surface area contributed by atoms with E-state index in [1.165, 1.54) is 4.68 Å². The van der Waals surface area contributed by atoms with E-state index in [-0.39, 0.29) is 10.6 Å². The molecule has 0 atom stereocenters. The smallest absolute Gasteiger partial charge is 0.292 e. The van der Waals surface area contributed by atoms with Gasteiger partial charge >= 0.3 is 0 Å². The van der Waals surface area contributed by atoms with Crippen LogP contribution in [0.25, 0.3) is 5.69 Å². The average molecular weight is 292 g/mol. The maximum Gasteiger partial charge on any atom is 0.292 e. The van der Waals surface area contributed by atoms with Crippen LogP contribution in [0, 0.1) is 0 Å². The highest BCUT2D eigenvalue weighted by atomic mass is 35.5. The highest BCUT2D eigenvalue weighted by Gasteiger charge is 2.18. The van der Waals surface area contributed by atoms with E-state index in [0.29, 0.717) is 24.6 Å². The van der Waals surface area contributed by atoms with Crippen molar-refractivity contribution in [3.8, 4) is 5.69 Å². The second-order valence-electron chi connectivity index (χ2n) is 4.50. The van der Waals surface area contributed by atoms with Crippen LogP contribution in [0.4, 0.5) is 5.69 Å². The summed E-state index contributed by atoms with van der Waals surface area (Å²) in [6.07, 6.45) is 1.64. The summed E-state index contributed by atoms with van der Waals surface area (Å²) >= 11 is 6.23. The Morgan fingerprint density at radius 1 is 1.15 bits per heavy atom. The average Bonchev–Trinajstić information content (AvgIpc) is 2.52. The van der Waals surface area contributed by atoms with Gasteiger partial charge in [0.2, 0.25) is 0 Å². The van der Waals surface area contributed by atoms with E-state index in [4.69, 9.17) is 16.3 Å². The van der Waals surface area contributed by atoms with Crippen molar-refractivity contribution in [3.63, 3.8) is 0 Å². The predicted molar refractivity (Wildman–Crippen MR) is 77.9 cm³/mol. The molecule has 2 heterocycles. The van der Waals surface area contributed by atoms with Crippen LogP contribution in [0.3, 0.4) is 0 Å². The molecule has 20 heavy (non-hydrogen) atoms. The SMILES string of the molecule is O=c1c(Cl)c(N2CCOCC2)cnn1-c1ccccc1. The third-order valence-electron chi connectivity index (χ3n) is 3.25. The minimum atomic E-state index is -0.304. The first-order chi connectivity index (χ1) is 9.77. The first kappa shape index (κ1) is 13.1. The van der Waals surface area contributed by atoms with Crippen LogP contribution in [-0.4, -0.2) is 36.1 Å². The maximum atomic E-state index is 12.3. The topological polar surface area (TPSA) is 47.4 Å². The predicted octanol–water partition coefficient (Wildman–Crippen LogP) is 1.72. The molecule has 1 fully saturated rings. The number of anilines is 1. The highest BCUT2D eigenvalue weighted by Crippen LogP contribution is 2.22. The molecule has 1 aliphatic heterocycles. The van der Waals surface area contributed by atoms with Gasteiger partial charge in [-0.3, -0.25) is 4.79 Å². The Balaban J connectivity index is 2.01. The van der Waals surface area contributed by atoms with Gasteiger partial charge in [-0.05, 0) is 12.1 Å². The van der Waals surface area contributed by atoms with Crippen molar-refractivity contribution in [2.24, 2.45) is 0 Å². The van der Waals surface area contributed by atoms with Crippen molar-refractivity contribution in [1.29, 1.82) is 0 Å². The third-order valence-corrected chi connectivity index (χ3v) is 3.61. The molecule has 104 valence electrons. The number of aromatic nitrogens is 2. The van der Waals surface area contributed by atoms with Gasteiger partial charge in [-0.25, -0.2) is 0 Å². The third kappa shape index (κ3) is 2.42. The van der Waals surface area contributed by atoms with Crippen LogP contribution in [-0.2, 0) is 4.74 Å². The fourth-order valence-corrected chi connectivity index (χ4v) is 2.45. The van der Waals surface area contributed by atoms with Gasteiger partial charge in [0.05, 0.1) is 30.8 Å². The van der Waals surface area contributed by atoms with Crippen LogP contribution in [0.1, 0.15) is 0 Å². The summed E-state index contributed by atoms with van der Waals surface area (Å²) in [5.41, 5.74) is 1.07. The molecule has 3 rings (SSSR count). The summed E-state index contributed by atoms with van der Waals surface area (Å²) < 4.78 is 6.61. The summed E-state index contributed by atoms with van der Waals surface area (Å²) in [6.45, 7) is 2.71. The highest BCUT2D eigenvalue weighted by molar-refractivity contribution is 6.33. The Kier molecular flexibility index (Phi) is 3.71. The lowest BCUT2D eigenvalue weighted by Crippen LogP contribution is -2.38. The second-order valence-corrected chi connectivity index (χ2v) is 4.87. The monoisotopic (exact) mass is 291 g/mol. The second kappa shape index (κ2) is 5.64. The zero-order chi connectivity index (χ0) is 13.9. The summed E-state index contributed by atoms with van der Waals surface area (Å²) in [5, 5.41) is 4.42. The fraction of sp³-hybridized carbons (Fsp3) is 0.286. The first-order valence-corrected chi connectivity index (χ1v) is 6.81. The molecule has 0 spiro atoms. The van der Waals surface area contributed by atoms with E-state index in [1.807, 2.05) is 35.2 Å². The number of nitrogens with zero attached hydrogens (tertiary/aromatic N) is 3. The zero-order valence-corrected chi connectivity index (χ0v) is 11.6. The Hall–Kier alpha value is -1.85. The molecule has 1 aromatic carbocycles. The maximum absolute atomic E-state index is 12.3. The number of morpholine rings is 1. The summed E-state index contributed by atoms with van der Waals surface area (Å²) in [6, 6.07) is 9.23. The lowest BCUT2D eigenvalue weighted by Gasteiger charge is -2.29. The minimum absolute atomic E-state index is 0.200. The van der Waals surface area contributed by atoms with Crippen molar-refractivity contribution < 1.29 is 4.74 Å². The Labute approximate surface area is 121 Å². The molecule has 0 N–H and O–H groups in total. The number of hydrogen-bond donors (Lipinski definition) is 0. The van der Waals surface area contributed by atoms with Gasteiger partial charge in [0, 0.05) is 13.1 Å². The fourth-order valence-electron chi connectivity index (χ4n) is 2.20. The van der Waals surface area contributed by atoms with Crippen LogP contribution >= 0.6 is 11.6 Å². The number of halogens is 1. The van der Waals surface area contributed by atoms with E-state index in [0.717, 1.165) is 13.1 Å². The van der Waals surface area contributed by atoms with Gasteiger partial charge in [-0.15, -0.1) is 0 Å². The molecule has 5 nitrogen and oxygen atoms in total. The van der Waals surface area contributed by atoms with Crippen molar-refractivity contribution in [2.45, 2.75) is 0 Å². The van der Waals surface area contributed by atoms with E-state index in [9.17, 15) is 4.79 Å². The van der Waals surface area contributed by atoms with Gasteiger partial charge < -0.3 is 9.64 Å².